The first-order valence-corrected chi connectivity index (χ1v) is 6.62. The van der Waals surface area contributed by atoms with Gasteiger partial charge in [0.2, 0.25) is 0 Å². The first kappa shape index (κ1) is 15.6. The first-order valence-electron chi connectivity index (χ1n) is 5.49. The van der Waals surface area contributed by atoms with Crippen LogP contribution in [0.25, 0.3) is 0 Å². The van der Waals surface area contributed by atoms with Crippen molar-refractivity contribution in [3.8, 4) is 0 Å². The summed E-state index contributed by atoms with van der Waals surface area (Å²) in [6.45, 7) is 4.19. The van der Waals surface area contributed by atoms with Crippen molar-refractivity contribution in [2.24, 2.45) is 5.41 Å². The number of alkyl halides is 3. The molecule has 0 saturated carbocycles. The van der Waals surface area contributed by atoms with Gasteiger partial charge in [0.25, 0.3) is 3.79 Å². The summed E-state index contributed by atoms with van der Waals surface area (Å²) in [6, 6.07) is 9.95. The van der Waals surface area contributed by atoms with Crippen LogP contribution >= 0.6 is 34.8 Å². The van der Waals surface area contributed by atoms with Gasteiger partial charge in [0.15, 0.2) is 0 Å². The zero-order valence-electron chi connectivity index (χ0n) is 10.3. The molecule has 0 aromatic heterocycles. The molecule has 0 bridgehead atoms. The second-order valence-electron chi connectivity index (χ2n) is 4.90. The van der Waals surface area contributed by atoms with E-state index < -0.39 is 9.76 Å². The van der Waals surface area contributed by atoms with Crippen LogP contribution in [0.1, 0.15) is 19.4 Å². The van der Waals surface area contributed by atoms with Gasteiger partial charge in [-0.25, -0.2) is 4.79 Å². The van der Waals surface area contributed by atoms with E-state index in [2.05, 4.69) is 0 Å². The molecule has 1 aromatic rings. The van der Waals surface area contributed by atoms with Crippen LogP contribution in [0.5, 0.6) is 0 Å². The van der Waals surface area contributed by atoms with Crippen molar-refractivity contribution in [1.82, 2.24) is 0 Å². The minimum absolute atomic E-state index is 0.203. The van der Waals surface area contributed by atoms with E-state index in [0.717, 1.165) is 6.42 Å². The lowest BCUT2D eigenvalue weighted by atomic mass is 9.87. The Kier molecular flexibility index (Phi) is 5.32. The molecular weight excluding hydrogens is 295 g/mol. The van der Waals surface area contributed by atoms with Gasteiger partial charge in [-0.05, 0) is 12.0 Å². The van der Waals surface area contributed by atoms with Crippen molar-refractivity contribution >= 4 is 40.8 Å². The average Bonchev–Trinajstić information content (AvgIpc) is 2.25. The highest BCUT2D eigenvalue weighted by atomic mass is 35.6. The number of benzene rings is 1. The number of carbonyl (C=O) groups is 1. The van der Waals surface area contributed by atoms with Crippen LogP contribution in [0, 0.1) is 5.41 Å². The summed E-state index contributed by atoms with van der Waals surface area (Å²) >= 11 is 16.3. The largest absolute Gasteiger partial charge is 0.462 e. The number of carbonyl (C=O) groups excluding carboxylic acids is 1. The van der Waals surface area contributed by atoms with Crippen LogP contribution < -0.4 is 0 Å². The van der Waals surface area contributed by atoms with Crippen molar-refractivity contribution in [2.45, 2.75) is 24.1 Å². The zero-order chi connectivity index (χ0) is 13.8. The maximum Gasteiger partial charge on any atom is 0.358 e. The molecule has 0 aliphatic rings. The maximum atomic E-state index is 11.3. The Morgan fingerprint density at radius 3 is 2.22 bits per heavy atom. The Balaban J connectivity index is 2.53. The maximum absolute atomic E-state index is 11.3. The average molecular weight is 310 g/mol. The van der Waals surface area contributed by atoms with E-state index in [1.54, 1.807) is 0 Å². The summed E-state index contributed by atoms with van der Waals surface area (Å²) in [4.78, 5) is 11.3. The smallest absolute Gasteiger partial charge is 0.358 e. The standard InChI is InChI=1S/C13H15Cl3O2/c1-12(2,8-10-6-4-3-5-7-10)9-18-11(17)13(14,15)16/h3-7H,8-9H2,1-2H3. The molecule has 0 aliphatic heterocycles. The molecule has 18 heavy (non-hydrogen) atoms. The molecule has 2 nitrogen and oxygen atoms in total. The third-order valence-electron chi connectivity index (χ3n) is 2.35. The summed E-state index contributed by atoms with van der Waals surface area (Å²) in [7, 11) is 0. The summed E-state index contributed by atoms with van der Waals surface area (Å²) < 4.78 is 3.00. The van der Waals surface area contributed by atoms with E-state index in [-0.39, 0.29) is 12.0 Å². The normalized spacial score (nSPS) is 12.3. The molecule has 0 unspecified atom stereocenters. The van der Waals surface area contributed by atoms with Gasteiger partial charge in [0.1, 0.15) is 0 Å². The second-order valence-corrected chi connectivity index (χ2v) is 7.18. The van der Waals surface area contributed by atoms with E-state index in [1.807, 2.05) is 44.2 Å². The van der Waals surface area contributed by atoms with Crippen molar-refractivity contribution in [2.75, 3.05) is 6.61 Å². The van der Waals surface area contributed by atoms with Crippen molar-refractivity contribution in [3.05, 3.63) is 35.9 Å². The minimum atomic E-state index is -2.01. The van der Waals surface area contributed by atoms with Gasteiger partial charge in [0.05, 0.1) is 6.61 Å². The molecule has 0 heterocycles. The molecule has 0 fully saturated rings. The molecule has 5 heteroatoms. The number of rotatable bonds is 4. The predicted molar refractivity (Wildman–Crippen MR) is 75.2 cm³/mol. The van der Waals surface area contributed by atoms with Crippen LogP contribution in [-0.4, -0.2) is 16.4 Å². The van der Waals surface area contributed by atoms with Gasteiger partial charge in [-0.15, -0.1) is 0 Å². The lowest BCUT2D eigenvalue weighted by Crippen LogP contribution is -2.29. The molecule has 0 saturated heterocycles. The van der Waals surface area contributed by atoms with Crippen LogP contribution in [0.2, 0.25) is 0 Å². The number of hydrogen-bond donors (Lipinski definition) is 0. The van der Waals surface area contributed by atoms with E-state index >= 15 is 0 Å². The molecule has 0 radical (unpaired) electrons. The molecule has 0 spiro atoms. The Morgan fingerprint density at radius 2 is 1.72 bits per heavy atom. The van der Waals surface area contributed by atoms with E-state index in [1.165, 1.54) is 5.56 Å². The number of hydrogen-bond acceptors (Lipinski definition) is 2. The molecule has 1 rings (SSSR count). The van der Waals surface area contributed by atoms with Gasteiger partial charge in [0, 0.05) is 5.41 Å². The molecule has 100 valence electrons. The molecule has 0 atom stereocenters. The SMILES string of the molecule is CC(C)(COC(=O)C(Cl)(Cl)Cl)Cc1ccccc1. The fourth-order valence-corrected chi connectivity index (χ4v) is 1.71. The van der Waals surface area contributed by atoms with E-state index in [9.17, 15) is 4.79 Å². The van der Waals surface area contributed by atoms with E-state index in [4.69, 9.17) is 39.5 Å². The second kappa shape index (κ2) is 6.14. The fourth-order valence-electron chi connectivity index (χ4n) is 1.54. The Bertz CT molecular complexity index is 396. The molecule has 0 aliphatic carbocycles. The molecule has 0 N–H and O–H groups in total. The number of halogens is 3. The third-order valence-corrected chi connectivity index (χ3v) is 2.81. The van der Waals surface area contributed by atoms with Gasteiger partial charge in [-0.1, -0.05) is 79.0 Å². The van der Waals surface area contributed by atoms with Gasteiger partial charge in [-0.2, -0.15) is 0 Å². The molecule has 1 aromatic carbocycles. The van der Waals surface area contributed by atoms with E-state index in [0.29, 0.717) is 0 Å². The molecular formula is C13H15Cl3O2. The Morgan fingerprint density at radius 1 is 1.17 bits per heavy atom. The van der Waals surface area contributed by atoms with Crippen LogP contribution in [0.3, 0.4) is 0 Å². The van der Waals surface area contributed by atoms with Crippen LogP contribution in [0.15, 0.2) is 30.3 Å². The summed E-state index contributed by atoms with van der Waals surface area (Å²) in [5, 5.41) is 0. The summed E-state index contributed by atoms with van der Waals surface area (Å²) in [5.74, 6) is -0.839. The van der Waals surface area contributed by atoms with Crippen LogP contribution in [-0.2, 0) is 16.0 Å². The Hall–Kier alpha value is -0.440. The lowest BCUT2D eigenvalue weighted by Gasteiger charge is -2.25. The minimum Gasteiger partial charge on any atom is -0.462 e. The monoisotopic (exact) mass is 308 g/mol. The number of ether oxygens (including phenoxy) is 1. The van der Waals surface area contributed by atoms with Crippen molar-refractivity contribution in [1.29, 1.82) is 0 Å². The highest BCUT2D eigenvalue weighted by Crippen LogP contribution is 2.29. The van der Waals surface area contributed by atoms with Crippen LogP contribution in [0.4, 0.5) is 0 Å². The van der Waals surface area contributed by atoms with Crippen molar-refractivity contribution < 1.29 is 9.53 Å². The van der Waals surface area contributed by atoms with Gasteiger partial charge < -0.3 is 4.74 Å². The first-order chi connectivity index (χ1) is 8.21. The number of esters is 1. The third kappa shape index (κ3) is 5.47. The summed E-state index contributed by atoms with van der Waals surface area (Å²) in [5.41, 5.74) is 0.958. The summed E-state index contributed by atoms with van der Waals surface area (Å²) in [6.07, 6.45) is 0.779. The highest BCUT2D eigenvalue weighted by molar-refractivity contribution is 6.75. The Labute approximate surface area is 122 Å². The fraction of sp³-hybridized carbons (Fsp3) is 0.462. The van der Waals surface area contributed by atoms with Gasteiger partial charge in [-0.3, -0.25) is 0 Å². The predicted octanol–water partition coefficient (Wildman–Crippen LogP) is 4.17. The quantitative estimate of drug-likeness (QED) is 0.616. The topological polar surface area (TPSA) is 26.3 Å². The van der Waals surface area contributed by atoms with Crippen molar-refractivity contribution in [3.63, 3.8) is 0 Å². The van der Waals surface area contributed by atoms with Gasteiger partial charge >= 0.3 is 5.97 Å². The molecule has 0 amide bonds. The lowest BCUT2D eigenvalue weighted by molar-refractivity contribution is -0.145. The highest BCUT2D eigenvalue weighted by Gasteiger charge is 2.34. The zero-order valence-corrected chi connectivity index (χ0v) is 12.5.